The molecule has 0 aliphatic carbocycles. The first-order valence-corrected chi connectivity index (χ1v) is 5.32. The second-order valence-corrected chi connectivity index (χ2v) is 3.97. The molecule has 0 radical (unpaired) electrons. The van der Waals surface area contributed by atoms with E-state index >= 15 is 0 Å². The van der Waals surface area contributed by atoms with Crippen LogP contribution in [-0.2, 0) is 16.0 Å². The number of benzene rings is 1. The molecule has 5 nitrogen and oxygen atoms in total. The van der Waals surface area contributed by atoms with Gasteiger partial charge in [-0.3, -0.25) is 9.59 Å². The molecule has 0 aliphatic heterocycles. The van der Waals surface area contributed by atoms with E-state index < -0.39 is 23.8 Å². The molecule has 1 rings (SSSR count). The van der Waals surface area contributed by atoms with Crippen molar-refractivity contribution in [3.8, 4) is 0 Å². The van der Waals surface area contributed by atoms with Gasteiger partial charge in [-0.15, -0.1) is 0 Å². The fourth-order valence-electron chi connectivity index (χ4n) is 1.59. The minimum absolute atomic E-state index is 0.0551. The van der Waals surface area contributed by atoms with Crippen molar-refractivity contribution < 1.29 is 14.7 Å². The van der Waals surface area contributed by atoms with Gasteiger partial charge in [0.2, 0.25) is 5.91 Å². The highest BCUT2D eigenvalue weighted by atomic mass is 16.4. The summed E-state index contributed by atoms with van der Waals surface area (Å²) in [5.74, 6) is -2.34. The minimum atomic E-state index is -0.967. The number of carboxylic acids is 1. The lowest BCUT2D eigenvalue weighted by atomic mass is 9.93. The van der Waals surface area contributed by atoms with Crippen molar-refractivity contribution >= 4 is 11.9 Å². The van der Waals surface area contributed by atoms with E-state index in [0.717, 1.165) is 5.56 Å². The van der Waals surface area contributed by atoms with Crippen LogP contribution in [0.25, 0.3) is 0 Å². The van der Waals surface area contributed by atoms with Crippen LogP contribution in [0.2, 0.25) is 0 Å². The molecule has 17 heavy (non-hydrogen) atoms. The Bertz CT molecular complexity index is 392. The van der Waals surface area contributed by atoms with E-state index in [-0.39, 0.29) is 6.42 Å². The number of primary amides is 1. The third-order valence-corrected chi connectivity index (χ3v) is 2.58. The zero-order chi connectivity index (χ0) is 12.8. The van der Waals surface area contributed by atoms with E-state index in [1.54, 1.807) is 0 Å². The smallest absolute Gasteiger partial charge is 0.306 e. The number of amides is 1. The van der Waals surface area contributed by atoms with Crippen molar-refractivity contribution in [1.29, 1.82) is 0 Å². The number of aliphatic carboxylic acids is 1. The van der Waals surface area contributed by atoms with Crippen LogP contribution in [0.4, 0.5) is 0 Å². The van der Waals surface area contributed by atoms with Gasteiger partial charge in [0.15, 0.2) is 0 Å². The van der Waals surface area contributed by atoms with E-state index in [0.29, 0.717) is 6.42 Å². The van der Waals surface area contributed by atoms with E-state index in [1.807, 2.05) is 30.3 Å². The van der Waals surface area contributed by atoms with Crippen LogP contribution in [0.1, 0.15) is 12.0 Å². The molecule has 1 unspecified atom stereocenters. The number of rotatable bonds is 6. The number of carbonyl (C=O) groups excluding carboxylic acids is 1. The molecule has 0 spiro atoms. The lowest BCUT2D eigenvalue weighted by Gasteiger charge is -2.15. The van der Waals surface area contributed by atoms with E-state index in [4.69, 9.17) is 16.6 Å². The summed E-state index contributed by atoms with van der Waals surface area (Å²) >= 11 is 0. The maximum absolute atomic E-state index is 11.1. The molecule has 0 saturated carbocycles. The highest BCUT2D eigenvalue weighted by molar-refractivity contribution is 5.80. The maximum atomic E-state index is 11.1. The third kappa shape index (κ3) is 4.24. The molecular formula is C12H16N2O3. The standard InChI is InChI=1S/C12H16N2O3/c13-10(11(14)15)7-9(12(16)17)6-8-4-2-1-3-5-8/h1-5,9-10H,6-7,13H2,(H2,14,15)(H,16,17)/t9?,10-/m0/s1. The number of carboxylic acid groups (broad SMARTS) is 1. The Labute approximate surface area is 99.4 Å². The zero-order valence-corrected chi connectivity index (χ0v) is 9.37. The maximum Gasteiger partial charge on any atom is 0.306 e. The van der Waals surface area contributed by atoms with Gasteiger partial charge < -0.3 is 16.6 Å². The second kappa shape index (κ2) is 6.00. The van der Waals surface area contributed by atoms with Gasteiger partial charge in [0.1, 0.15) is 0 Å². The quantitative estimate of drug-likeness (QED) is 0.652. The third-order valence-electron chi connectivity index (χ3n) is 2.58. The fourth-order valence-corrected chi connectivity index (χ4v) is 1.59. The highest BCUT2D eigenvalue weighted by Gasteiger charge is 2.23. The Morgan fingerprint density at radius 1 is 1.24 bits per heavy atom. The molecule has 0 aliphatic rings. The highest BCUT2D eigenvalue weighted by Crippen LogP contribution is 2.14. The van der Waals surface area contributed by atoms with Crippen molar-refractivity contribution in [1.82, 2.24) is 0 Å². The summed E-state index contributed by atoms with van der Waals surface area (Å²) in [6.45, 7) is 0. The van der Waals surface area contributed by atoms with Crippen LogP contribution >= 0.6 is 0 Å². The summed E-state index contributed by atoms with van der Waals surface area (Å²) in [7, 11) is 0. The molecule has 0 saturated heterocycles. The normalized spacial score (nSPS) is 13.9. The molecule has 5 heteroatoms. The summed E-state index contributed by atoms with van der Waals surface area (Å²) in [5, 5.41) is 9.06. The largest absolute Gasteiger partial charge is 0.481 e. The molecule has 0 bridgehead atoms. The van der Waals surface area contributed by atoms with Gasteiger partial charge in [-0.05, 0) is 18.4 Å². The molecule has 1 amide bonds. The predicted molar refractivity (Wildman–Crippen MR) is 63.1 cm³/mol. The molecule has 0 heterocycles. The molecule has 2 atom stereocenters. The predicted octanol–water partition coefficient (Wildman–Crippen LogP) is 0.133. The van der Waals surface area contributed by atoms with Crippen LogP contribution in [0.5, 0.6) is 0 Å². The number of hydrogen-bond donors (Lipinski definition) is 3. The summed E-state index contributed by atoms with van der Waals surface area (Å²) in [6.07, 6.45) is 0.400. The minimum Gasteiger partial charge on any atom is -0.481 e. The van der Waals surface area contributed by atoms with Crippen molar-refractivity contribution in [2.45, 2.75) is 18.9 Å². The first-order chi connectivity index (χ1) is 8.00. The Kier molecular flexibility index (Phi) is 4.66. The topological polar surface area (TPSA) is 106 Å². The Morgan fingerprint density at radius 2 is 1.82 bits per heavy atom. The van der Waals surface area contributed by atoms with Crippen LogP contribution in [0, 0.1) is 5.92 Å². The van der Waals surface area contributed by atoms with Gasteiger partial charge in [-0.1, -0.05) is 30.3 Å². The van der Waals surface area contributed by atoms with Crippen molar-refractivity contribution in [3.05, 3.63) is 35.9 Å². The van der Waals surface area contributed by atoms with Crippen molar-refractivity contribution in [3.63, 3.8) is 0 Å². The number of hydrogen-bond acceptors (Lipinski definition) is 3. The Morgan fingerprint density at radius 3 is 2.29 bits per heavy atom. The van der Waals surface area contributed by atoms with Crippen molar-refractivity contribution in [2.24, 2.45) is 17.4 Å². The van der Waals surface area contributed by atoms with Gasteiger partial charge >= 0.3 is 5.97 Å². The summed E-state index contributed by atoms with van der Waals surface area (Å²) in [4.78, 5) is 21.9. The summed E-state index contributed by atoms with van der Waals surface area (Å²) in [6, 6.07) is 8.29. The molecular weight excluding hydrogens is 220 g/mol. The van der Waals surface area contributed by atoms with E-state index in [9.17, 15) is 9.59 Å². The van der Waals surface area contributed by atoms with Gasteiger partial charge in [-0.25, -0.2) is 0 Å². The first kappa shape index (κ1) is 13.2. The van der Waals surface area contributed by atoms with Gasteiger partial charge in [-0.2, -0.15) is 0 Å². The number of nitrogens with two attached hydrogens (primary N) is 2. The van der Waals surface area contributed by atoms with Crippen LogP contribution in [0.15, 0.2) is 30.3 Å². The lowest BCUT2D eigenvalue weighted by molar-refractivity contribution is -0.142. The molecule has 5 N–H and O–H groups in total. The fraction of sp³-hybridized carbons (Fsp3) is 0.333. The van der Waals surface area contributed by atoms with E-state index in [1.165, 1.54) is 0 Å². The average molecular weight is 236 g/mol. The monoisotopic (exact) mass is 236 g/mol. The molecule has 1 aromatic carbocycles. The Hall–Kier alpha value is -1.88. The molecule has 1 aromatic rings. The van der Waals surface area contributed by atoms with Gasteiger partial charge in [0.05, 0.1) is 12.0 Å². The molecule has 0 fully saturated rings. The number of carbonyl (C=O) groups is 2. The summed E-state index contributed by atoms with van der Waals surface area (Å²) < 4.78 is 0. The molecule has 92 valence electrons. The van der Waals surface area contributed by atoms with Crippen LogP contribution in [-0.4, -0.2) is 23.0 Å². The zero-order valence-electron chi connectivity index (χ0n) is 9.37. The van der Waals surface area contributed by atoms with Gasteiger partial charge in [0.25, 0.3) is 0 Å². The van der Waals surface area contributed by atoms with Gasteiger partial charge in [0, 0.05) is 0 Å². The average Bonchev–Trinajstić information content (AvgIpc) is 2.29. The SMILES string of the molecule is NC(=O)[C@@H](N)CC(Cc1ccccc1)C(=O)O. The Balaban J connectivity index is 2.67. The van der Waals surface area contributed by atoms with Crippen LogP contribution in [0.3, 0.4) is 0 Å². The van der Waals surface area contributed by atoms with Crippen molar-refractivity contribution in [2.75, 3.05) is 0 Å². The first-order valence-electron chi connectivity index (χ1n) is 5.32. The summed E-state index contributed by atoms with van der Waals surface area (Å²) in [5.41, 5.74) is 11.4. The lowest BCUT2D eigenvalue weighted by Crippen LogP contribution is -2.39. The van der Waals surface area contributed by atoms with E-state index in [2.05, 4.69) is 0 Å². The second-order valence-electron chi connectivity index (χ2n) is 3.97. The van der Waals surface area contributed by atoms with Crippen LogP contribution < -0.4 is 11.5 Å². The molecule has 0 aromatic heterocycles.